The van der Waals surface area contributed by atoms with Crippen LogP contribution in [0.5, 0.6) is 17.2 Å². The van der Waals surface area contributed by atoms with Gasteiger partial charge in [-0.25, -0.2) is 0 Å². The summed E-state index contributed by atoms with van der Waals surface area (Å²) in [5.74, 6) is 0.909. The van der Waals surface area contributed by atoms with Crippen LogP contribution in [0.15, 0.2) is 78.9 Å². The molecule has 7 nitrogen and oxygen atoms in total. The molecule has 1 atom stereocenters. The zero-order chi connectivity index (χ0) is 23.5. The van der Waals surface area contributed by atoms with Crippen LogP contribution in [0.25, 0.3) is 0 Å². The van der Waals surface area contributed by atoms with E-state index in [1.807, 2.05) is 54.6 Å². The molecule has 7 heteroatoms. The first-order chi connectivity index (χ1) is 16.0. The summed E-state index contributed by atoms with van der Waals surface area (Å²) in [4.78, 5) is 23.0. The molecular formula is C26H27NO6. The molecule has 3 aromatic carbocycles. The fraction of sp³-hybridized carbons (Fsp3) is 0.231. The smallest absolute Gasteiger partial charge is 0.306 e. The molecule has 3 aromatic rings. The Morgan fingerprint density at radius 2 is 1.52 bits per heavy atom. The molecule has 2 N–H and O–H groups in total. The number of ether oxygens (including phenoxy) is 3. The molecule has 0 fully saturated rings. The maximum absolute atomic E-state index is 12.1. The van der Waals surface area contributed by atoms with Crippen molar-refractivity contribution in [3.63, 3.8) is 0 Å². The highest BCUT2D eigenvalue weighted by Gasteiger charge is 2.14. The summed E-state index contributed by atoms with van der Waals surface area (Å²) in [5, 5.41) is 11.8. The van der Waals surface area contributed by atoms with Gasteiger partial charge in [-0.2, -0.15) is 0 Å². The van der Waals surface area contributed by atoms with Crippen molar-refractivity contribution >= 4 is 11.9 Å². The van der Waals surface area contributed by atoms with Crippen LogP contribution in [-0.4, -0.2) is 37.2 Å². The third-order valence-corrected chi connectivity index (χ3v) is 4.90. The number of carbonyl (C=O) groups excluding carboxylic acids is 1. The fourth-order valence-electron chi connectivity index (χ4n) is 3.17. The summed E-state index contributed by atoms with van der Waals surface area (Å²) >= 11 is 0. The molecule has 0 aliphatic rings. The number of hydrogen-bond donors (Lipinski definition) is 2. The van der Waals surface area contributed by atoms with Crippen molar-refractivity contribution in [1.82, 2.24) is 5.32 Å². The zero-order valence-electron chi connectivity index (χ0n) is 18.4. The molecule has 33 heavy (non-hydrogen) atoms. The van der Waals surface area contributed by atoms with Crippen molar-refractivity contribution in [2.24, 2.45) is 0 Å². The fourth-order valence-corrected chi connectivity index (χ4v) is 3.17. The lowest BCUT2D eigenvalue weighted by molar-refractivity contribution is -0.139. The van der Waals surface area contributed by atoms with Gasteiger partial charge in [0, 0.05) is 13.7 Å². The van der Waals surface area contributed by atoms with E-state index in [1.165, 1.54) is 7.11 Å². The van der Waals surface area contributed by atoms with Gasteiger partial charge in [0.1, 0.15) is 17.2 Å². The predicted molar refractivity (Wildman–Crippen MR) is 124 cm³/mol. The molecule has 0 aliphatic carbocycles. The van der Waals surface area contributed by atoms with Crippen LogP contribution in [0.1, 0.15) is 23.7 Å². The van der Waals surface area contributed by atoms with Gasteiger partial charge >= 0.3 is 5.97 Å². The molecule has 0 aliphatic heterocycles. The predicted octanol–water partition coefficient (Wildman–Crippen LogP) is 4.38. The second-order valence-electron chi connectivity index (χ2n) is 7.34. The maximum atomic E-state index is 12.1. The average Bonchev–Trinajstić information content (AvgIpc) is 2.83. The Labute approximate surface area is 192 Å². The number of benzene rings is 3. The van der Waals surface area contributed by atoms with Gasteiger partial charge in [0.05, 0.1) is 12.5 Å². The number of nitrogens with one attached hydrogen (secondary N) is 1. The van der Waals surface area contributed by atoms with E-state index in [1.54, 1.807) is 24.3 Å². The number of hydrogen-bond acceptors (Lipinski definition) is 5. The average molecular weight is 450 g/mol. The van der Waals surface area contributed by atoms with Gasteiger partial charge in [-0.1, -0.05) is 42.5 Å². The molecule has 0 saturated carbocycles. The van der Waals surface area contributed by atoms with Crippen LogP contribution in [0.4, 0.5) is 0 Å². The van der Waals surface area contributed by atoms with Crippen molar-refractivity contribution in [2.75, 3.05) is 20.3 Å². The molecule has 1 amide bonds. The van der Waals surface area contributed by atoms with E-state index in [0.717, 1.165) is 22.6 Å². The number of methoxy groups -OCH3 is 1. The van der Waals surface area contributed by atoms with Crippen LogP contribution < -0.4 is 14.8 Å². The summed E-state index contributed by atoms with van der Waals surface area (Å²) in [6, 6.07) is 24.2. The van der Waals surface area contributed by atoms with Crippen LogP contribution >= 0.6 is 0 Å². The van der Waals surface area contributed by atoms with Gasteiger partial charge in [0.2, 0.25) is 0 Å². The summed E-state index contributed by atoms with van der Waals surface area (Å²) in [6.07, 6.45) is 0.0365. The van der Waals surface area contributed by atoms with Crippen LogP contribution in [0, 0.1) is 0 Å². The van der Waals surface area contributed by atoms with Gasteiger partial charge in [-0.05, 0) is 53.9 Å². The van der Waals surface area contributed by atoms with E-state index in [2.05, 4.69) is 5.32 Å². The van der Waals surface area contributed by atoms with Crippen molar-refractivity contribution in [3.8, 4) is 17.2 Å². The zero-order valence-corrected chi connectivity index (χ0v) is 18.4. The SMILES string of the molecule is COC(CC(=O)O)c1ccc(OCC(=O)NCCc2ccc(Oc3ccccc3)cc2)cc1. The van der Waals surface area contributed by atoms with Crippen LogP contribution in [0.3, 0.4) is 0 Å². The minimum atomic E-state index is -0.935. The molecule has 0 radical (unpaired) electrons. The standard InChI is InChI=1S/C26H27NO6/c1-31-24(17-26(29)30)20-9-13-21(14-10-20)32-18-25(28)27-16-15-19-7-11-23(12-8-19)33-22-5-3-2-4-6-22/h2-14,24H,15-18H2,1H3,(H,27,28)(H,29,30). The molecule has 3 rings (SSSR count). The largest absolute Gasteiger partial charge is 0.484 e. The number of para-hydroxylation sites is 1. The first kappa shape index (κ1) is 23.8. The van der Waals surface area contributed by atoms with Crippen LogP contribution in [0.2, 0.25) is 0 Å². The third kappa shape index (κ3) is 7.97. The van der Waals surface area contributed by atoms with Crippen molar-refractivity contribution < 1.29 is 28.9 Å². The number of aliphatic carboxylic acids is 1. The van der Waals surface area contributed by atoms with E-state index >= 15 is 0 Å². The number of carbonyl (C=O) groups is 2. The van der Waals surface area contributed by atoms with E-state index in [9.17, 15) is 9.59 Å². The van der Waals surface area contributed by atoms with E-state index in [-0.39, 0.29) is 18.9 Å². The highest BCUT2D eigenvalue weighted by Crippen LogP contribution is 2.23. The van der Waals surface area contributed by atoms with E-state index in [4.69, 9.17) is 19.3 Å². The summed E-state index contributed by atoms with van der Waals surface area (Å²) in [6.45, 7) is 0.386. The van der Waals surface area contributed by atoms with Crippen molar-refractivity contribution in [1.29, 1.82) is 0 Å². The molecule has 0 spiro atoms. The Morgan fingerprint density at radius 3 is 2.15 bits per heavy atom. The second-order valence-corrected chi connectivity index (χ2v) is 7.34. The van der Waals surface area contributed by atoms with Gasteiger partial charge < -0.3 is 24.6 Å². The Kier molecular flexibility index (Phi) is 8.85. The molecule has 0 heterocycles. The molecule has 172 valence electrons. The molecular weight excluding hydrogens is 422 g/mol. The molecule has 0 aromatic heterocycles. The summed E-state index contributed by atoms with van der Waals surface area (Å²) in [7, 11) is 1.47. The van der Waals surface area contributed by atoms with Gasteiger partial charge in [0.15, 0.2) is 6.61 Å². The topological polar surface area (TPSA) is 94.1 Å². The molecule has 0 saturated heterocycles. The highest BCUT2D eigenvalue weighted by atomic mass is 16.5. The third-order valence-electron chi connectivity index (χ3n) is 4.90. The van der Waals surface area contributed by atoms with Crippen LogP contribution in [-0.2, 0) is 20.7 Å². The Morgan fingerprint density at radius 1 is 0.879 bits per heavy atom. The minimum Gasteiger partial charge on any atom is -0.484 e. The Hall–Kier alpha value is -3.84. The Bertz CT molecular complexity index is 1020. The lowest BCUT2D eigenvalue weighted by Crippen LogP contribution is -2.30. The first-order valence-electron chi connectivity index (χ1n) is 10.6. The molecule has 0 bridgehead atoms. The van der Waals surface area contributed by atoms with Gasteiger partial charge in [-0.15, -0.1) is 0 Å². The Balaban J connectivity index is 1.38. The van der Waals surface area contributed by atoms with E-state index < -0.39 is 12.1 Å². The maximum Gasteiger partial charge on any atom is 0.306 e. The van der Waals surface area contributed by atoms with Gasteiger partial charge in [0.25, 0.3) is 5.91 Å². The lowest BCUT2D eigenvalue weighted by atomic mass is 10.1. The number of carboxylic acids is 1. The molecule has 1 unspecified atom stereocenters. The highest BCUT2D eigenvalue weighted by molar-refractivity contribution is 5.77. The summed E-state index contributed by atoms with van der Waals surface area (Å²) < 4.78 is 16.5. The van der Waals surface area contributed by atoms with Gasteiger partial charge in [-0.3, -0.25) is 9.59 Å². The van der Waals surface area contributed by atoms with Crippen molar-refractivity contribution in [2.45, 2.75) is 18.9 Å². The normalized spacial score (nSPS) is 11.4. The monoisotopic (exact) mass is 449 g/mol. The number of amides is 1. The quantitative estimate of drug-likeness (QED) is 0.426. The summed E-state index contributed by atoms with van der Waals surface area (Å²) in [5.41, 5.74) is 1.82. The number of carboxylic acid groups (broad SMARTS) is 1. The lowest BCUT2D eigenvalue weighted by Gasteiger charge is -2.14. The van der Waals surface area contributed by atoms with Crippen molar-refractivity contribution in [3.05, 3.63) is 90.0 Å². The number of rotatable bonds is 12. The van der Waals surface area contributed by atoms with E-state index in [0.29, 0.717) is 18.7 Å². The minimum absolute atomic E-state index is 0.105. The first-order valence-corrected chi connectivity index (χ1v) is 10.6. The second kappa shape index (κ2) is 12.3.